The van der Waals surface area contributed by atoms with Crippen LogP contribution in [0.4, 0.5) is 5.69 Å². The second-order valence-electron chi connectivity index (χ2n) is 4.15. The lowest BCUT2D eigenvalue weighted by Crippen LogP contribution is -2.05. The summed E-state index contributed by atoms with van der Waals surface area (Å²) in [6.07, 6.45) is 0.797. The molecule has 0 unspecified atom stereocenters. The molecule has 5 heteroatoms. The molecule has 0 bridgehead atoms. The standard InChI is InChI=1S/C14H15N3O2/c1-3-17-13(9-18)8-14(16-17)11-4-6-12(7-5-11)15-10(2)19/h4-9H,3H2,1-2H3,(H,15,19). The van der Waals surface area contributed by atoms with E-state index in [1.165, 1.54) is 6.92 Å². The fourth-order valence-corrected chi connectivity index (χ4v) is 1.85. The normalized spacial score (nSPS) is 10.2. The van der Waals surface area contributed by atoms with E-state index in [4.69, 9.17) is 0 Å². The van der Waals surface area contributed by atoms with Crippen LogP contribution in [0.2, 0.25) is 0 Å². The third-order valence-electron chi connectivity index (χ3n) is 2.73. The molecule has 0 radical (unpaired) electrons. The Hall–Kier alpha value is -2.43. The van der Waals surface area contributed by atoms with Crippen LogP contribution >= 0.6 is 0 Å². The summed E-state index contributed by atoms with van der Waals surface area (Å²) in [5.74, 6) is -0.105. The topological polar surface area (TPSA) is 64.0 Å². The highest BCUT2D eigenvalue weighted by Gasteiger charge is 2.07. The maximum Gasteiger partial charge on any atom is 0.221 e. The molecule has 1 N–H and O–H groups in total. The Labute approximate surface area is 111 Å². The number of carbonyl (C=O) groups is 2. The molecule has 1 aromatic carbocycles. The molecule has 98 valence electrons. The van der Waals surface area contributed by atoms with Gasteiger partial charge in [-0.25, -0.2) is 0 Å². The number of aldehydes is 1. The first-order chi connectivity index (χ1) is 9.13. The van der Waals surface area contributed by atoms with Gasteiger partial charge in [0.1, 0.15) is 5.69 Å². The third kappa shape index (κ3) is 2.88. The molecule has 0 spiro atoms. The van der Waals surface area contributed by atoms with Gasteiger partial charge in [0.25, 0.3) is 0 Å². The Balaban J connectivity index is 2.29. The molecule has 1 heterocycles. The van der Waals surface area contributed by atoms with E-state index in [2.05, 4.69) is 10.4 Å². The van der Waals surface area contributed by atoms with Gasteiger partial charge < -0.3 is 5.32 Å². The number of carbonyl (C=O) groups excluding carboxylic acids is 2. The zero-order valence-corrected chi connectivity index (χ0v) is 10.9. The van der Waals surface area contributed by atoms with Crippen LogP contribution in [0.25, 0.3) is 11.3 Å². The van der Waals surface area contributed by atoms with Crippen molar-refractivity contribution in [2.75, 3.05) is 5.32 Å². The van der Waals surface area contributed by atoms with Crippen molar-refractivity contribution in [3.63, 3.8) is 0 Å². The second kappa shape index (κ2) is 5.48. The van der Waals surface area contributed by atoms with Crippen LogP contribution in [-0.4, -0.2) is 22.0 Å². The molecular formula is C14H15N3O2. The molecule has 5 nitrogen and oxygen atoms in total. The molecule has 0 aliphatic heterocycles. The number of aryl methyl sites for hydroxylation is 1. The summed E-state index contributed by atoms with van der Waals surface area (Å²) in [6.45, 7) is 4.05. The van der Waals surface area contributed by atoms with Gasteiger partial charge in [-0.15, -0.1) is 0 Å². The number of benzene rings is 1. The van der Waals surface area contributed by atoms with Gasteiger partial charge in [0, 0.05) is 24.7 Å². The molecule has 0 saturated heterocycles. The van der Waals surface area contributed by atoms with Gasteiger partial charge in [0.15, 0.2) is 6.29 Å². The van der Waals surface area contributed by atoms with Crippen molar-refractivity contribution in [1.82, 2.24) is 9.78 Å². The minimum Gasteiger partial charge on any atom is -0.326 e. The summed E-state index contributed by atoms with van der Waals surface area (Å²) >= 11 is 0. The SMILES string of the molecule is CCn1nc(-c2ccc(NC(C)=O)cc2)cc1C=O. The number of nitrogens with zero attached hydrogens (tertiary/aromatic N) is 2. The van der Waals surface area contributed by atoms with Crippen LogP contribution in [0, 0.1) is 0 Å². The van der Waals surface area contributed by atoms with Gasteiger partial charge in [-0.1, -0.05) is 12.1 Å². The van der Waals surface area contributed by atoms with Crippen LogP contribution in [0.1, 0.15) is 24.3 Å². The average Bonchev–Trinajstić information content (AvgIpc) is 2.82. The van der Waals surface area contributed by atoms with Crippen LogP contribution in [0.3, 0.4) is 0 Å². The summed E-state index contributed by atoms with van der Waals surface area (Å²) in [7, 11) is 0. The summed E-state index contributed by atoms with van der Waals surface area (Å²) in [4.78, 5) is 21.8. The molecular weight excluding hydrogens is 242 g/mol. The van der Waals surface area contributed by atoms with E-state index in [-0.39, 0.29) is 5.91 Å². The van der Waals surface area contributed by atoms with Crippen molar-refractivity contribution >= 4 is 17.9 Å². The molecule has 0 atom stereocenters. The Bertz CT molecular complexity index is 600. The molecule has 2 rings (SSSR count). The highest BCUT2D eigenvalue weighted by molar-refractivity contribution is 5.89. The lowest BCUT2D eigenvalue weighted by Gasteiger charge is -2.02. The van der Waals surface area contributed by atoms with Crippen molar-refractivity contribution in [3.8, 4) is 11.3 Å². The van der Waals surface area contributed by atoms with Crippen molar-refractivity contribution in [2.45, 2.75) is 20.4 Å². The maximum atomic E-state index is 10.9. The van der Waals surface area contributed by atoms with Crippen LogP contribution in [-0.2, 0) is 11.3 Å². The number of hydrogen-bond donors (Lipinski definition) is 1. The van der Waals surface area contributed by atoms with E-state index in [9.17, 15) is 9.59 Å². The predicted molar refractivity (Wildman–Crippen MR) is 73.0 cm³/mol. The van der Waals surface area contributed by atoms with Gasteiger partial charge in [0.2, 0.25) is 5.91 Å². The largest absolute Gasteiger partial charge is 0.326 e. The predicted octanol–water partition coefficient (Wildman–Crippen LogP) is 2.34. The van der Waals surface area contributed by atoms with E-state index < -0.39 is 0 Å². The summed E-state index contributed by atoms with van der Waals surface area (Å²) < 4.78 is 1.66. The Morgan fingerprint density at radius 3 is 2.53 bits per heavy atom. The zero-order valence-electron chi connectivity index (χ0n) is 10.9. The molecule has 1 aromatic heterocycles. The number of nitrogens with one attached hydrogen (secondary N) is 1. The molecule has 0 aliphatic rings. The smallest absolute Gasteiger partial charge is 0.221 e. The summed E-state index contributed by atoms with van der Waals surface area (Å²) in [5, 5.41) is 7.06. The Morgan fingerprint density at radius 1 is 1.37 bits per heavy atom. The molecule has 2 aromatic rings. The average molecular weight is 257 g/mol. The summed E-state index contributed by atoms with van der Waals surface area (Å²) in [5.41, 5.74) is 2.95. The quantitative estimate of drug-likeness (QED) is 0.855. The Kier molecular flexibility index (Phi) is 3.75. The molecule has 19 heavy (non-hydrogen) atoms. The van der Waals surface area contributed by atoms with Crippen molar-refractivity contribution in [1.29, 1.82) is 0 Å². The number of anilines is 1. The number of aromatic nitrogens is 2. The van der Waals surface area contributed by atoms with E-state index in [1.807, 2.05) is 31.2 Å². The van der Waals surface area contributed by atoms with Crippen LogP contribution in [0.5, 0.6) is 0 Å². The lowest BCUT2D eigenvalue weighted by molar-refractivity contribution is -0.114. The first-order valence-electron chi connectivity index (χ1n) is 6.05. The molecule has 0 saturated carbocycles. The van der Waals surface area contributed by atoms with Gasteiger partial charge in [-0.2, -0.15) is 5.10 Å². The van der Waals surface area contributed by atoms with Gasteiger partial charge in [0.05, 0.1) is 5.69 Å². The minimum atomic E-state index is -0.105. The van der Waals surface area contributed by atoms with Crippen molar-refractivity contribution < 1.29 is 9.59 Å². The van der Waals surface area contributed by atoms with E-state index in [0.717, 1.165) is 23.2 Å². The maximum absolute atomic E-state index is 10.9. The fraction of sp³-hybridized carbons (Fsp3) is 0.214. The van der Waals surface area contributed by atoms with Gasteiger partial charge in [-0.3, -0.25) is 14.3 Å². The van der Waals surface area contributed by atoms with E-state index in [1.54, 1.807) is 10.7 Å². The number of amides is 1. The van der Waals surface area contributed by atoms with E-state index >= 15 is 0 Å². The number of hydrogen-bond acceptors (Lipinski definition) is 3. The highest BCUT2D eigenvalue weighted by atomic mass is 16.1. The van der Waals surface area contributed by atoms with Crippen molar-refractivity contribution in [3.05, 3.63) is 36.0 Å². The zero-order chi connectivity index (χ0) is 13.8. The fourth-order valence-electron chi connectivity index (χ4n) is 1.85. The van der Waals surface area contributed by atoms with Gasteiger partial charge in [-0.05, 0) is 25.1 Å². The third-order valence-corrected chi connectivity index (χ3v) is 2.73. The minimum absolute atomic E-state index is 0.105. The lowest BCUT2D eigenvalue weighted by atomic mass is 10.1. The van der Waals surface area contributed by atoms with Gasteiger partial charge >= 0.3 is 0 Å². The van der Waals surface area contributed by atoms with E-state index in [0.29, 0.717) is 12.2 Å². The second-order valence-corrected chi connectivity index (χ2v) is 4.15. The van der Waals surface area contributed by atoms with Crippen LogP contribution < -0.4 is 5.32 Å². The highest BCUT2D eigenvalue weighted by Crippen LogP contribution is 2.21. The van der Waals surface area contributed by atoms with Crippen LogP contribution in [0.15, 0.2) is 30.3 Å². The molecule has 0 fully saturated rings. The Morgan fingerprint density at radius 2 is 2.05 bits per heavy atom. The first kappa shape index (κ1) is 13.0. The monoisotopic (exact) mass is 257 g/mol. The first-order valence-corrected chi connectivity index (χ1v) is 6.05. The number of rotatable bonds is 4. The molecule has 1 amide bonds. The van der Waals surface area contributed by atoms with Crippen molar-refractivity contribution in [2.24, 2.45) is 0 Å². The summed E-state index contributed by atoms with van der Waals surface area (Å²) in [6, 6.07) is 9.10. The molecule has 0 aliphatic carbocycles.